The fourth-order valence-corrected chi connectivity index (χ4v) is 3.52. The lowest BCUT2D eigenvalue weighted by Crippen LogP contribution is -2.35. The monoisotopic (exact) mass is 296 g/mol. The van der Waals surface area contributed by atoms with E-state index in [-0.39, 0.29) is 29.7 Å². The molecule has 4 heteroatoms. The summed E-state index contributed by atoms with van der Waals surface area (Å²) in [6.07, 6.45) is 3.65. The summed E-state index contributed by atoms with van der Waals surface area (Å²) in [5, 5.41) is 10.6. The zero-order valence-corrected chi connectivity index (χ0v) is 13.8. The predicted molar refractivity (Wildman–Crippen MR) is 80.8 cm³/mol. The van der Waals surface area contributed by atoms with Crippen LogP contribution < -0.4 is 0 Å². The van der Waals surface area contributed by atoms with Gasteiger partial charge >= 0.3 is 5.97 Å². The smallest absolute Gasteiger partial charge is 0.303 e. The fourth-order valence-electron chi connectivity index (χ4n) is 3.52. The average molecular weight is 296 g/mol. The van der Waals surface area contributed by atoms with Gasteiger partial charge in [-0.3, -0.25) is 4.79 Å². The summed E-state index contributed by atoms with van der Waals surface area (Å²) in [4.78, 5) is 11.3. The van der Waals surface area contributed by atoms with Crippen LogP contribution >= 0.6 is 0 Å². The Bertz CT molecular complexity index is 429. The van der Waals surface area contributed by atoms with Crippen molar-refractivity contribution in [2.45, 2.75) is 77.8 Å². The van der Waals surface area contributed by atoms with Gasteiger partial charge in [-0.1, -0.05) is 19.4 Å². The largest absolute Gasteiger partial charge is 0.458 e. The SMILES string of the molecule is CC(=O)O[C@H]1/C=C(\C)CC[C@@H](C(C)C)[C@@H](O)[C@@H]2O[C@@]2(C)C1. The van der Waals surface area contributed by atoms with Crippen LogP contribution in [0.15, 0.2) is 11.6 Å². The van der Waals surface area contributed by atoms with E-state index in [9.17, 15) is 9.90 Å². The quantitative estimate of drug-likeness (QED) is 0.483. The van der Waals surface area contributed by atoms with Crippen LogP contribution in [0.25, 0.3) is 0 Å². The third-order valence-corrected chi connectivity index (χ3v) is 4.81. The van der Waals surface area contributed by atoms with E-state index in [4.69, 9.17) is 9.47 Å². The highest BCUT2D eigenvalue weighted by Gasteiger charge is 2.58. The van der Waals surface area contributed by atoms with E-state index in [0.29, 0.717) is 12.3 Å². The number of rotatable bonds is 2. The van der Waals surface area contributed by atoms with Crippen molar-refractivity contribution in [3.63, 3.8) is 0 Å². The van der Waals surface area contributed by atoms with Gasteiger partial charge in [0.15, 0.2) is 0 Å². The van der Waals surface area contributed by atoms with Crippen molar-refractivity contribution in [1.82, 2.24) is 0 Å². The fraction of sp³-hybridized carbons (Fsp3) is 0.824. The maximum absolute atomic E-state index is 11.3. The van der Waals surface area contributed by atoms with Crippen LogP contribution in [0.2, 0.25) is 0 Å². The first-order valence-corrected chi connectivity index (χ1v) is 7.93. The van der Waals surface area contributed by atoms with E-state index < -0.39 is 6.10 Å². The van der Waals surface area contributed by atoms with Crippen LogP contribution in [-0.4, -0.2) is 35.0 Å². The molecule has 1 N–H and O–H groups in total. The number of fused-ring (bicyclic) bond motifs is 1. The van der Waals surface area contributed by atoms with Gasteiger partial charge in [-0.05, 0) is 44.6 Å². The normalized spacial score (nSPS) is 42.7. The maximum Gasteiger partial charge on any atom is 0.303 e. The molecule has 4 nitrogen and oxygen atoms in total. The van der Waals surface area contributed by atoms with Crippen LogP contribution in [0.1, 0.15) is 53.9 Å². The molecule has 0 spiro atoms. The summed E-state index contributed by atoms with van der Waals surface area (Å²) in [5.74, 6) is 0.387. The Morgan fingerprint density at radius 2 is 2.19 bits per heavy atom. The molecular formula is C17H28O4. The lowest BCUT2D eigenvalue weighted by molar-refractivity contribution is -0.144. The third-order valence-electron chi connectivity index (χ3n) is 4.81. The number of ether oxygens (including phenoxy) is 2. The lowest BCUT2D eigenvalue weighted by Gasteiger charge is -2.28. The first kappa shape index (κ1) is 16.5. The van der Waals surface area contributed by atoms with Gasteiger partial charge in [0.2, 0.25) is 0 Å². The second kappa shape index (κ2) is 6.09. The van der Waals surface area contributed by atoms with E-state index in [1.807, 2.05) is 13.0 Å². The molecule has 1 saturated heterocycles. The number of hydrogen-bond donors (Lipinski definition) is 1. The Labute approximate surface area is 127 Å². The minimum Gasteiger partial charge on any atom is -0.458 e. The minimum atomic E-state index is -0.445. The lowest BCUT2D eigenvalue weighted by atomic mass is 9.80. The molecule has 1 heterocycles. The first-order chi connectivity index (χ1) is 9.73. The van der Waals surface area contributed by atoms with Crippen molar-refractivity contribution >= 4 is 5.97 Å². The molecule has 0 radical (unpaired) electrons. The highest BCUT2D eigenvalue weighted by Crippen LogP contribution is 2.46. The van der Waals surface area contributed by atoms with Crippen LogP contribution in [0.3, 0.4) is 0 Å². The summed E-state index contributed by atoms with van der Waals surface area (Å²) in [6, 6.07) is 0. The van der Waals surface area contributed by atoms with E-state index in [0.717, 1.165) is 12.8 Å². The van der Waals surface area contributed by atoms with E-state index in [1.165, 1.54) is 12.5 Å². The van der Waals surface area contributed by atoms with Crippen molar-refractivity contribution in [1.29, 1.82) is 0 Å². The van der Waals surface area contributed by atoms with Crippen molar-refractivity contribution in [2.24, 2.45) is 11.8 Å². The molecule has 5 atom stereocenters. The third kappa shape index (κ3) is 3.86. The molecule has 120 valence electrons. The maximum atomic E-state index is 11.3. The molecule has 0 aromatic carbocycles. The molecule has 1 aliphatic heterocycles. The average Bonchev–Trinajstić information content (AvgIpc) is 2.98. The summed E-state index contributed by atoms with van der Waals surface area (Å²) in [5.41, 5.74) is 0.822. The summed E-state index contributed by atoms with van der Waals surface area (Å²) < 4.78 is 11.2. The van der Waals surface area contributed by atoms with E-state index in [2.05, 4.69) is 20.8 Å². The van der Waals surface area contributed by atoms with Crippen LogP contribution in [0.5, 0.6) is 0 Å². The van der Waals surface area contributed by atoms with Crippen LogP contribution in [-0.2, 0) is 14.3 Å². The van der Waals surface area contributed by atoms with Gasteiger partial charge in [-0.2, -0.15) is 0 Å². The van der Waals surface area contributed by atoms with Gasteiger partial charge < -0.3 is 14.6 Å². The number of carbonyl (C=O) groups is 1. The molecule has 0 aromatic heterocycles. The Hall–Kier alpha value is -0.870. The summed E-state index contributed by atoms with van der Waals surface area (Å²) >= 11 is 0. The van der Waals surface area contributed by atoms with Gasteiger partial charge in [0, 0.05) is 13.3 Å². The highest BCUT2D eigenvalue weighted by molar-refractivity contribution is 5.66. The zero-order valence-electron chi connectivity index (χ0n) is 13.8. The highest BCUT2D eigenvalue weighted by atomic mass is 16.6. The first-order valence-electron chi connectivity index (χ1n) is 7.93. The molecule has 1 aliphatic carbocycles. The molecular weight excluding hydrogens is 268 g/mol. The van der Waals surface area contributed by atoms with E-state index >= 15 is 0 Å². The van der Waals surface area contributed by atoms with Gasteiger partial charge in [-0.25, -0.2) is 0 Å². The van der Waals surface area contributed by atoms with Crippen molar-refractivity contribution in [3.8, 4) is 0 Å². The molecule has 2 rings (SSSR count). The number of aliphatic hydroxyl groups is 1. The Morgan fingerprint density at radius 3 is 2.76 bits per heavy atom. The minimum absolute atomic E-state index is 0.144. The number of allylic oxidation sites excluding steroid dienone is 1. The Balaban J connectivity index is 2.21. The number of carbonyl (C=O) groups excluding carboxylic acids is 1. The second-order valence-corrected chi connectivity index (χ2v) is 7.15. The molecule has 0 bridgehead atoms. The van der Waals surface area contributed by atoms with Crippen LogP contribution in [0, 0.1) is 11.8 Å². The van der Waals surface area contributed by atoms with Gasteiger partial charge in [-0.15, -0.1) is 0 Å². The van der Waals surface area contributed by atoms with Gasteiger partial charge in [0.05, 0.1) is 11.7 Å². The number of aliphatic hydroxyl groups excluding tert-OH is 1. The molecule has 0 amide bonds. The van der Waals surface area contributed by atoms with Crippen molar-refractivity contribution in [3.05, 3.63) is 11.6 Å². The predicted octanol–water partition coefficient (Wildman–Crippen LogP) is 2.84. The second-order valence-electron chi connectivity index (χ2n) is 7.15. The Morgan fingerprint density at radius 1 is 1.52 bits per heavy atom. The molecule has 0 unspecified atom stereocenters. The van der Waals surface area contributed by atoms with E-state index in [1.54, 1.807) is 0 Å². The molecule has 0 aromatic rings. The van der Waals surface area contributed by atoms with Gasteiger partial charge in [0.25, 0.3) is 0 Å². The molecule has 1 fully saturated rings. The summed E-state index contributed by atoms with van der Waals surface area (Å²) in [6.45, 7) is 9.80. The van der Waals surface area contributed by atoms with Crippen LogP contribution in [0.4, 0.5) is 0 Å². The number of hydrogen-bond acceptors (Lipinski definition) is 4. The van der Waals surface area contributed by atoms with Crippen molar-refractivity contribution in [2.75, 3.05) is 0 Å². The molecule has 0 saturated carbocycles. The van der Waals surface area contributed by atoms with Gasteiger partial charge in [0.1, 0.15) is 12.2 Å². The molecule has 21 heavy (non-hydrogen) atoms. The number of esters is 1. The number of epoxide rings is 1. The zero-order chi connectivity index (χ0) is 15.8. The Kier molecular flexibility index (Phi) is 4.79. The molecule has 2 aliphatic rings. The standard InChI is InChI=1S/C17H28O4/c1-10(2)14-7-6-11(3)8-13(20-12(4)18)9-17(5)16(21-17)15(14)19/h8,10,13-16,19H,6-7,9H2,1-5H3/b11-8+/t13-,14-,15+,16-,17-/m0/s1. The summed E-state index contributed by atoms with van der Waals surface area (Å²) in [7, 11) is 0. The topological polar surface area (TPSA) is 59.1 Å². The van der Waals surface area contributed by atoms with Crippen molar-refractivity contribution < 1.29 is 19.4 Å².